The summed E-state index contributed by atoms with van der Waals surface area (Å²) in [5.41, 5.74) is 2.57. The molecule has 0 N–H and O–H groups in total. The second-order valence-corrected chi connectivity index (χ2v) is 5.11. The molecule has 1 fully saturated rings. The average molecular weight is 255 g/mol. The minimum atomic E-state index is -0.000967. The first-order chi connectivity index (χ1) is 9.25. The van der Waals surface area contributed by atoms with Crippen molar-refractivity contribution in [1.82, 2.24) is 4.98 Å². The van der Waals surface area contributed by atoms with Gasteiger partial charge in [0.2, 0.25) is 0 Å². The van der Waals surface area contributed by atoms with E-state index in [-0.39, 0.29) is 11.7 Å². The monoisotopic (exact) mass is 255 g/mol. The molecule has 0 bridgehead atoms. The Hall–Kier alpha value is -1.74. The summed E-state index contributed by atoms with van der Waals surface area (Å²) in [5.74, 6) is 0.195. The number of fused-ring (bicyclic) bond motifs is 1. The van der Waals surface area contributed by atoms with Crippen LogP contribution in [0, 0.1) is 12.8 Å². The van der Waals surface area contributed by atoms with Gasteiger partial charge in [-0.3, -0.25) is 9.78 Å². The number of ether oxygens (including phenoxy) is 1. The van der Waals surface area contributed by atoms with Gasteiger partial charge >= 0.3 is 0 Å². The molecule has 0 spiro atoms. The fourth-order valence-corrected chi connectivity index (χ4v) is 2.68. The molecule has 1 aliphatic heterocycles. The topological polar surface area (TPSA) is 39.2 Å². The lowest BCUT2D eigenvalue weighted by atomic mass is 9.91. The van der Waals surface area contributed by atoms with E-state index in [1.165, 1.54) is 0 Å². The number of carbonyl (C=O) groups is 1. The van der Waals surface area contributed by atoms with E-state index in [1.807, 2.05) is 37.3 Å². The molecular formula is C16H17NO2. The van der Waals surface area contributed by atoms with Crippen molar-refractivity contribution in [3.8, 4) is 0 Å². The van der Waals surface area contributed by atoms with Crippen LogP contribution in [0.4, 0.5) is 0 Å². The Morgan fingerprint density at radius 1 is 1.37 bits per heavy atom. The maximum Gasteiger partial charge on any atom is 0.168 e. The predicted molar refractivity (Wildman–Crippen MR) is 74.4 cm³/mol. The van der Waals surface area contributed by atoms with E-state index in [1.54, 1.807) is 0 Å². The number of para-hydroxylation sites is 1. The van der Waals surface area contributed by atoms with Crippen molar-refractivity contribution >= 4 is 16.7 Å². The molecule has 2 heterocycles. The van der Waals surface area contributed by atoms with Crippen molar-refractivity contribution in [1.29, 1.82) is 0 Å². The summed E-state index contributed by atoms with van der Waals surface area (Å²) in [6.07, 6.45) is 1.90. The van der Waals surface area contributed by atoms with Gasteiger partial charge in [0.25, 0.3) is 0 Å². The maximum absolute atomic E-state index is 12.7. The van der Waals surface area contributed by atoms with Crippen molar-refractivity contribution in [2.24, 2.45) is 5.92 Å². The Morgan fingerprint density at radius 2 is 2.21 bits per heavy atom. The molecule has 0 radical (unpaired) electrons. The third kappa shape index (κ3) is 2.38. The third-order valence-corrected chi connectivity index (χ3v) is 3.64. The summed E-state index contributed by atoms with van der Waals surface area (Å²) in [6, 6.07) is 9.73. The number of aryl methyl sites for hydroxylation is 1. The van der Waals surface area contributed by atoms with E-state index in [9.17, 15) is 4.79 Å². The Labute approximate surface area is 112 Å². The number of hydrogen-bond donors (Lipinski definition) is 0. The van der Waals surface area contributed by atoms with Crippen molar-refractivity contribution < 1.29 is 9.53 Å². The molecule has 0 aliphatic carbocycles. The fourth-order valence-electron chi connectivity index (χ4n) is 2.68. The van der Waals surface area contributed by atoms with Crippen molar-refractivity contribution in [3.63, 3.8) is 0 Å². The highest BCUT2D eigenvalue weighted by Gasteiger charge is 2.24. The highest BCUT2D eigenvalue weighted by atomic mass is 16.5. The predicted octanol–water partition coefficient (Wildman–Crippen LogP) is 3.15. The first-order valence-electron chi connectivity index (χ1n) is 6.74. The largest absolute Gasteiger partial charge is 0.381 e. The number of rotatable bonds is 2. The van der Waals surface area contributed by atoms with Gasteiger partial charge in [-0.1, -0.05) is 18.2 Å². The number of aromatic nitrogens is 1. The van der Waals surface area contributed by atoms with Gasteiger partial charge in [0, 0.05) is 29.2 Å². The van der Waals surface area contributed by atoms with Crippen molar-refractivity contribution in [3.05, 3.63) is 41.6 Å². The normalized spacial score (nSPS) is 19.5. The summed E-state index contributed by atoms with van der Waals surface area (Å²) in [5, 5.41) is 0.948. The van der Waals surface area contributed by atoms with Gasteiger partial charge in [0.1, 0.15) is 0 Å². The molecule has 2 aromatic rings. The van der Waals surface area contributed by atoms with Crippen LogP contribution in [-0.4, -0.2) is 24.0 Å². The Morgan fingerprint density at radius 3 is 3.00 bits per heavy atom. The number of carbonyl (C=O) groups excluding carboxylic acids is 1. The van der Waals surface area contributed by atoms with Crippen LogP contribution in [0.3, 0.4) is 0 Å². The van der Waals surface area contributed by atoms with Crippen LogP contribution < -0.4 is 0 Å². The molecule has 3 rings (SSSR count). The minimum Gasteiger partial charge on any atom is -0.381 e. The summed E-state index contributed by atoms with van der Waals surface area (Å²) in [7, 11) is 0. The van der Waals surface area contributed by atoms with Gasteiger partial charge in [0.15, 0.2) is 5.78 Å². The molecule has 1 aliphatic rings. The smallest absolute Gasteiger partial charge is 0.168 e. The van der Waals surface area contributed by atoms with E-state index in [0.29, 0.717) is 6.61 Å². The van der Waals surface area contributed by atoms with Gasteiger partial charge in [-0.25, -0.2) is 0 Å². The molecule has 3 nitrogen and oxygen atoms in total. The number of pyridine rings is 1. The van der Waals surface area contributed by atoms with Crippen LogP contribution >= 0.6 is 0 Å². The highest BCUT2D eigenvalue weighted by molar-refractivity contribution is 6.08. The lowest BCUT2D eigenvalue weighted by Crippen LogP contribution is -2.25. The number of Topliss-reactive ketones (excluding diaryl/α,β-unsaturated/α-hetero) is 1. The molecule has 1 aromatic heterocycles. The van der Waals surface area contributed by atoms with Crippen LogP contribution in [-0.2, 0) is 4.74 Å². The molecular weight excluding hydrogens is 238 g/mol. The average Bonchev–Trinajstić information content (AvgIpc) is 2.46. The van der Waals surface area contributed by atoms with E-state index < -0.39 is 0 Å². The van der Waals surface area contributed by atoms with E-state index in [2.05, 4.69) is 4.98 Å². The first kappa shape index (κ1) is 12.3. The zero-order chi connectivity index (χ0) is 13.2. The van der Waals surface area contributed by atoms with Crippen LogP contribution in [0.1, 0.15) is 28.9 Å². The van der Waals surface area contributed by atoms with Crippen molar-refractivity contribution in [2.75, 3.05) is 13.2 Å². The summed E-state index contributed by atoms with van der Waals surface area (Å²) in [4.78, 5) is 17.1. The third-order valence-electron chi connectivity index (χ3n) is 3.64. The Kier molecular flexibility index (Phi) is 3.30. The van der Waals surface area contributed by atoms with E-state index in [0.717, 1.165) is 41.6 Å². The summed E-state index contributed by atoms with van der Waals surface area (Å²) in [6.45, 7) is 3.26. The molecule has 1 unspecified atom stereocenters. The quantitative estimate of drug-likeness (QED) is 0.774. The molecule has 0 saturated carbocycles. The molecule has 98 valence electrons. The zero-order valence-electron chi connectivity index (χ0n) is 11.1. The molecule has 1 saturated heterocycles. The van der Waals surface area contributed by atoms with Gasteiger partial charge in [-0.2, -0.15) is 0 Å². The molecule has 1 aromatic carbocycles. The van der Waals surface area contributed by atoms with E-state index in [4.69, 9.17) is 4.74 Å². The van der Waals surface area contributed by atoms with Gasteiger partial charge in [0.05, 0.1) is 12.1 Å². The molecule has 19 heavy (non-hydrogen) atoms. The van der Waals surface area contributed by atoms with Crippen molar-refractivity contribution in [2.45, 2.75) is 19.8 Å². The summed E-state index contributed by atoms with van der Waals surface area (Å²) < 4.78 is 5.43. The lowest BCUT2D eigenvalue weighted by Gasteiger charge is -2.21. The lowest BCUT2D eigenvalue weighted by molar-refractivity contribution is 0.0462. The molecule has 1 atom stereocenters. The minimum absolute atomic E-state index is 0.000967. The van der Waals surface area contributed by atoms with Crippen LogP contribution in [0.25, 0.3) is 10.9 Å². The Bertz CT molecular complexity index is 615. The van der Waals surface area contributed by atoms with Gasteiger partial charge < -0.3 is 4.74 Å². The van der Waals surface area contributed by atoms with Crippen LogP contribution in [0.15, 0.2) is 30.3 Å². The Balaban J connectivity index is 2.05. The summed E-state index contributed by atoms with van der Waals surface area (Å²) >= 11 is 0. The van der Waals surface area contributed by atoms with Gasteiger partial charge in [-0.05, 0) is 31.9 Å². The standard InChI is InChI=1S/C16H17NO2/c1-11-9-14(13-6-2-3-7-15(13)17-11)16(18)12-5-4-8-19-10-12/h2-3,6-7,9,12H,4-5,8,10H2,1H3. The second-order valence-electron chi connectivity index (χ2n) is 5.11. The fraction of sp³-hybridized carbons (Fsp3) is 0.375. The molecule has 0 amide bonds. The van der Waals surface area contributed by atoms with Crippen LogP contribution in [0.5, 0.6) is 0 Å². The van der Waals surface area contributed by atoms with E-state index >= 15 is 0 Å². The number of ketones is 1. The maximum atomic E-state index is 12.7. The highest BCUT2D eigenvalue weighted by Crippen LogP contribution is 2.24. The number of hydrogen-bond acceptors (Lipinski definition) is 3. The number of nitrogens with zero attached hydrogens (tertiary/aromatic N) is 1. The first-order valence-corrected chi connectivity index (χ1v) is 6.74. The SMILES string of the molecule is Cc1cc(C(=O)C2CCCOC2)c2ccccc2n1. The second kappa shape index (κ2) is 5.10. The van der Waals surface area contributed by atoms with Gasteiger partial charge in [-0.15, -0.1) is 0 Å². The van der Waals surface area contributed by atoms with Crippen LogP contribution in [0.2, 0.25) is 0 Å². The zero-order valence-corrected chi connectivity index (χ0v) is 11.1. The molecule has 3 heteroatoms. The number of benzene rings is 1.